The zero-order valence-electron chi connectivity index (χ0n) is 7.99. The van der Waals surface area contributed by atoms with Crippen molar-refractivity contribution in [2.24, 2.45) is 5.73 Å². The molecule has 0 unspecified atom stereocenters. The monoisotopic (exact) mass is 192 g/mol. The molecule has 0 aliphatic heterocycles. The van der Waals surface area contributed by atoms with Crippen molar-refractivity contribution >= 4 is 11.1 Å². The number of hydrogen-bond acceptors (Lipinski definition) is 4. The molecule has 2 aromatic rings. The third kappa shape index (κ3) is 1.56. The van der Waals surface area contributed by atoms with E-state index in [2.05, 4.69) is 4.98 Å². The molecule has 14 heavy (non-hydrogen) atoms. The summed E-state index contributed by atoms with van der Waals surface area (Å²) in [5, 5.41) is 0. The van der Waals surface area contributed by atoms with Gasteiger partial charge in [0.05, 0.1) is 13.2 Å². The topological polar surface area (TPSA) is 61.3 Å². The van der Waals surface area contributed by atoms with Crippen LogP contribution in [0.2, 0.25) is 0 Å². The fraction of sp³-hybridized carbons (Fsp3) is 0.300. The summed E-state index contributed by atoms with van der Waals surface area (Å²) in [7, 11) is 0. The fourth-order valence-electron chi connectivity index (χ4n) is 1.30. The van der Waals surface area contributed by atoms with Gasteiger partial charge < -0.3 is 14.9 Å². The first-order valence-electron chi connectivity index (χ1n) is 4.56. The summed E-state index contributed by atoms with van der Waals surface area (Å²) in [5.41, 5.74) is 6.96. The van der Waals surface area contributed by atoms with E-state index >= 15 is 0 Å². The third-order valence-corrected chi connectivity index (χ3v) is 1.89. The number of benzene rings is 1. The molecule has 0 bridgehead atoms. The van der Waals surface area contributed by atoms with Gasteiger partial charge in [0.1, 0.15) is 11.3 Å². The summed E-state index contributed by atoms with van der Waals surface area (Å²) in [6.07, 6.45) is 0. The Morgan fingerprint density at radius 1 is 1.50 bits per heavy atom. The van der Waals surface area contributed by atoms with Crippen molar-refractivity contribution in [1.29, 1.82) is 0 Å². The normalized spacial score (nSPS) is 10.7. The Balaban J connectivity index is 2.43. The van der Waals surface area contributed by atoms with Crippen LogP contribution in [0.25, 0.3) is 11.1 Å². The van der Waals surface area contributed by atoms with Gasteiger partial charge in [-0.05, 0) is 19.1 Å². The van der Waals surface area contributed by atoms with Crippen LogP contribution < -0.4 is 10.5 Å². The molecule has 1 aromatic carbocycles. The van der Waals surface area contributed by atoms with Crippen molar-refractivity contribution in [3.8, 4) is 5.75 Å². The molecule has 4 heteroatoms. The predicted molar refractivity (Wildman–Crippen MR) is 53.1 cm³/mol. The summed E-state index contributed by atoms with van der Waals surface area (Å²) in [4.78, 5) is 4.20. The maximum Gasteiger partial charge on any atom is 0.209 e. The first-order valence-corrected chi connectivity index (χ1v) is 4.56. The van der Waals surface area contributed by atoms with Gasteiger partial charge >= 0.3 is 0 Å². The minimum absolute atomic E-state index is 0.318. The van der Waals surface area contributed by atoms with E-state index < -0.39 is 0 Å². The van der Waals surface area contributed by atoms with E-state index in [0.29, 0.717) is 19.0 Å². The Hall–Kier alpha value is -1.55. The van der Waals surface area contributed by atoms with Crippen LogP contribution in [0.15, 0.2) is 22.6 Å². The van der Waals surface area contributed by atoms with Gasteiger partial charge in [0.25, 0.3) is 0 Å². The summed E-state index contributed by atoms with van der Waals surface area (Å²) in [6.45, 7) is 2.91. The average molecular weight is 192 g/mol. The molecule has 0 fully saturated rings. The predicted octanol–water partition coefficient (Wildman–Crippen LogP) is 1.69. The van der Waals surface area contributed by atoms with Crippen LogP contribution in [-0.2, 0) is 6.54 Å². The van der Waals surface area contributed by atoms with Gasteiger partial charge in [-0.3, -0.25) is 0 Å². The molecule has 0 aliphatic carbocycles. The molecule has 0 atom stereocenters. The number of fused-ring (bicyclic) bond motifs is 1. The number of aromatic nitrogens is 1. The van der Waals surface area contributed by atoms with E-state index in [-0.39, 0.29) is 0 Å². The van der Waals surface area contributed by atoms with E-state index in [1.54, 1.807) is 0 Å². The first kappa shape index (κ1) is 9.02. The average Bonchev–Trinajstić information content (AvgIpc) is 2.60. The van der Waals surface area contributed by atoms with E-state index in [4.69, 9.17) is 14.9 Å². The third-order valence-electron chi connectivity index (χ3n) is 1.89. The van der Waals surface area contributed by atoms with Gasteiger partial charge in [-0.1, -0.05) is 0 Å². The van der Waals surface area contributed by atoms with Crippen LogP contribution in [0, 0.1) is 0 Å². The van der Waals surface area contributed by atoms with Gasteiger partial charge in [-0.2, -0.15) is 0 Å². The lowest BCUT2D eigenvalue weighted by atomic mass is 10.3. The zero-order chi connectivity index (χ0) is 9.97. The molecular formula is C10H12N2O2. The Labute approximate surface area is 81.7 Å². The molecule has 1 aromatic heterocycles. The van der Waals surface area contributed by atoms with Gasteiger partial charge in [-0.15, -0.1) is 0 Å². The molecule has 0 spiro atoms. The minimum atomic E-state index is 0.318. The van der Waals surface area contributed by atoms with E-state index in [1.807, 2.05) is 25.1 Å². The Bertz CT molecular complexity index is 437. The maximum atomic E-state index is 5.42. The summed E-state index contributed by atoms with van der Waals surface area (Å²) in [5.74, 6) is 1.35. The Morgan fingerprint density at radius 3 is 3.07 bits per heavy atom. The number of nitrogens with two attached hydrogens (primary N) is 1. The second kappa shape index (κ2) is 3.67. The largest absolute Gasteiger partial charge is 0.494 e. The minimum Gasteiger partial charge on any atom is -0.494 e. The maximum absolute atomic E-state index is 5.42. The molecule has 0 aliphatic rings. The number of hydrogen-bond donors (Lipinski definition) is 1. The number of ether oxygens (including phenoxy) is 1. The Morgan fingerprint density at radius 2 is 2.36 bits per heavy atom. The van der Waals surface area contributed by atoms with Gasteiger partial charge in [0.2, 0.25) is 5.89 Å². The molecule has 2 rings (SSSR count). The highest BCUT2D eigenvalue weighted by Gasteiger charge is 2.04. The lowest BCUT2D eigenvalue weighted by Gasteiger charge is -2.00. The molecule has 0 amide bonds. The van der Waals surface area contributed by atoms with E-state index in [0.717, 1.165) is 16.8 Å². The molecule has 4 nitrogen and oxygen atoms in total. The SMILES string of the molecule is CCOc1ccc2oc(CN)nc2c1. The van der Waals surface area contributed by atoms with Crippen molar-refractivity contribution in [2.45, 2.75) is 13.5 Å². The Kier molecular flexibility index (Phi) is 2.37. The zero-order valence-corrected chi connectivity index (χ0v) is 7.99. The van der Waals surface area contributed by atoms with E-state index in [9.17, 15) is 0 Å². The van der Waals surface area contributed by atoms with Crippen LogP contribution in [0.5, 0.6) is 5.75 Å². The van der Waals surface area contributed by atoms with Crippen LogP contribution in [0.3, 0.4) is 0 Å². The quantitative estimate of drug-likeness (QED) is 0.803. The molecule has 0 saturated carbocycles. The highest BCUT2D eigenvalue weighted by molar-refractivity contribution is 5.74. The standard InChI is InChI=1S/C10H12N2O2/c1-2-13-7-3-4-9-8(5-7)12-10(6-11)14-9/h3-5H,2,6,11H2,1H3. The van der Waals surface area contributed by atoms with E-state index in [1.165, 1.54) is 0 Å². The van der Waals surface area contributed by atoms with Crippen molar-refractivity contribution in [3.05, 3.63) is 24.1 Å². The van der Waals surface area contributed by atoms with Crippen molar-refractivity contribution in [2.75, 3.05) is 6.61 Å². The van der Waals surface area contributed by atoms with Crippen LogP contribution >= 0.6 is 0 Å². The number of oxazole rings is 1. The first-order chi connectivity index (χ1) is 6.83. The fourth-order valence-corrected chi connectivity index (χ4v) is 1.30. The molecule has 0 saturated heterocycles. The second-order valence-corrected chi connectivity index (χ2v) is 2.87. The van der Waals surface area contributed by atoms with Crippen molar-refractivity contribution in [1.82, 2.24) is 4.98 Å². The molecule has 0 radical (unpaired) electrons. The summed E-state index contributed by atoms with van der Waals surface area (Å²) in [6, 6.07) is 5.55. The van der Waals surface area contributed by atoms with Gasteiger partial charge in [0.15, 0.2) is 5.58 Å². The van der Waals surface area contributed by atoms with Crippen molar-refractivity contribution < 1.29 is 9.15 Å². The highest BCUT2D eigenvalue weighted by Crippen LogP contribution is 2.21. The summed E-state index contributed by atoms with van der Waals surface area (Å²) >= 11 is 0. The van der Waals surface area contributed by atoms with Gasteiger partial charge in [-0.25, -0.2) is 4.98 Å². The molecular weight excluding hydrogens is 180 g/mol. The number of rotatable bonds is 3. The molecule has 2 N–H and O–H groups in total. The van der Waals surface area contributed by atoms with Crippen LogP contribution in [-0.4, -0.2) is 11.6 Å². The summed E-state index contributed by atoms with van der Waals surface area (Å²) < 4.78 is 10.7. The lowest BCUT2D eigenvalue weighted by molar-refractivity contribution is 0.340. The van der Waals surface area contributed by atoms with Crippen molar-refractivity contribution in [3.63, 3.8) is 0 Å². The van der Waals surface area contributed by atoms with Gasteiger partial charge in [0, 0.05) is 6.07 Å². The van der Waals surface area contributed by atoms with Crippen LogP contribution in [0.4, 0.5) is 0 Å². The smallest absolute Gasteiger partial charge is 0.209 e. The second-order valence-electron chi connectivity index (χ2n) is 2.87. The van der Waals surface area contributed by atoms with Crippen LogP contribution in [0.1, 0.15) is 12.8 Å². The lowest BCUT2D eigenvalue weighted by Crippen LogP contribution is -1.95. The molecule has 74 valence electrons. The number of nitrogens with zero attached hydrogens (tertiary/aromatic N) is 1. The molecule has 1 heterocycles. The highest BCUT2D eigenvalue weighted by atomic mass is 16.5.